The molecular formula is C21H26NO5P. The number of rotatable bonds is 7. The van der Waals surface area contributed by atoms with Crippen molar-refractivity contribution in [1.82, 2.24) is 4.67 Å². The van der Waals surface area contributed by atoms with Crippen molar-refractivity contribution in [2.45, 2.75) is 31.2 Å². The minimum atomic E-state index is -3.65. The third kappa shape index (κ3) is 4.46. The Labute approximate surface area is 166 Å². The van der Waals surface area contributed by atoms with Crippen LogP contribution in [0.25, 0.3) is 0 Å². The molecule has 2 aromatic carbocycles. The topological polar surface area (TPSA) is 65.1 Å². The van der Waals surface area contributed by atoms with E-state index in [0.717, 1.165) is 18.4 Å². The molecule has 28 heavy (non-hydrogen) atoms. The van der Waals surface area contributed by atoms with Crippen LogP contribution in [0, 0.1) is 0 Å². The zero-order valence-electron chi connectivity index (χ0n) is 16.2. The first kappa shape index (κ1) is 20.6. The van der Waals surface area contributed by atoms with Crippen molar-refractivity contribution in [1.29, 1.82) is 0 Å². The Bertz CT molecular complexity index is 814. The van der Waals surface area contributed by atoms with Crippen molar-refractivity contribution in [2.75, 3.05) is 20.8 Å². The molecule has 0 N–H and O–H groups in total. The summed E-state index contributed by atoms with van der Waals surface area (Å²) < 4.78 is 31.8. The SMILES string of the molecule is COC(=O)C(c1ccccc1)C1CCCCN1P(=O)(OC)Oc1ccccc1. The van der Waals surface area contributed by atoms with E-state index in [-0.39, 0.29) is 12.0 Å². The predicted octanol–water partition coefficient (Wildman–Crippen LogP) is 4.63. The lowest BCUT2D eigenvalue weighted by Gasteiger charge is -2.41. The summed E-state index contributed by atoms with van der Waals surface area (Å²) in [6, 6.07) is 18.1. The molecule has 3 atom stereocenters. The number of hydrogen-bond acceptors (Lipinski definition) is 5. The van der Waals surface area contributed by atoms with Crippen LogP contribution in [0.5, 0.6) is 5.75 Å². The maximum absolute atomic E-state index is 13.7. The Balaban J connectivity index is 1.97. The molecule has 1 aliphatic rings. The second-order valence-corrected chi connectivity index (χ2v) is 8.69. The molecule has 0 aliphatic carbocycles. The largest absolute Gasteiger partial charge is 0.469 e. The lowest BCUT2D eigenvalue weighted by Crippen LogP contribution is -2.45. The number of methoxy groups -OCH3 is 1. The number of nitrogens with zero attached hydrogens (tertiary/aromatic N) is 1. The van der Waals surface area contributed by atoms with Gasteiger partial charge < -0.3 is 9.26 Å². The highest BCUT2D eigenvalue weighted by molar-refractivity contribution is 7.51. The van der Waals surface area contributed by atoms with Crippen LogP contribution in [0.3, 0.4) is 0 Å². The third-order valence-corrected chi connectivity index (χ3v) is 7.06. The maximum atomic E-state index is 13.7. The van der Waals surface area contributed by atoms with E-state index in [9.17, 15) is 9.36 Å². The van der Waals surface area contributed by atoms with Crippen LogP contribution in [-0.2, 0) is 18.6 Å². The molecule has 6 nitrogen and oxygen atoms in total. The average Bonchev–Trinajstić information content (AvgIpc) is 2.75. The summed E-state index contributed by atoms with van der Waals surface area (Å²) >= 11 is 0. The van der Waals surface area contributed by atoms with E-state index in [4.69, 9.17) is 13.8 Å². The Morgan fingerprint density at radius 1 is 1.04 bits per heavy atom. The molecule has 0 spiro atoms. The van der Waals surface area contributed by atoms with Crippen molar-refractivity contribution in [3.8, 4) is 5.75 Å². The molecule has 0 saturated carbocycles. The summed E-state index contributed by atoms with van der Waals surface area (Å²) in [6.07, 6.45) is 2.47. The highest BCUT2D eigenvalue weighted by atomic mass is 31.2. The van der Waals surface area contributed by atoms with Crippen molar-refractivity contribution in [2.24, 2.45) is 0 Å². The summed E-state index contributed by atoms with van der Waals surface area (Å²) in [7, 11) is -0.896. The van der Waals surface area contributed by atoms with Crippen LogP contribution in [0.2, 0.25) is 0 Å². The Morgan fingerprint density at radius 3 is 2.29 bits per heavy atom. The van der Waals surface area contributed by atoms with Crippen molar-refractivity contribution in [3.63, 3.8) is 0 Å². The molecule has 150 valence electrons. The van der Waals surface area contributed by atoms with Gasteiger partial charge in [0.2, 0.25) is 0 Å². The number of benzene rings is 2. The molecule has 0 aromatic heterocycles. The minimum Gasteiger partial charge on any atom is -0.469 e. The van der Waals surface area contributed by atoms with Gasteiger partial charge in [0.25, 0.3) is 0 Å². The first-order valence-electron chi connectivity index (χ1n) is 9.39. The lowest BCUT2D eigenvalue weighted by molar-refractivity contribution is -0.144. The van der Waals surface area contributed by atoms with Crippen LogP contribution in [0.1, 0.15) is 30.7 Å². The molecular weight excluding hydrogens is 377 g/mol. The van der Waals surface area contributed by atoms with Gasteiger partial charge in [0.1, 0.15) is 5.75 Å². The number of para-hydroxylation sites is 1. The Hall–Kier alpha value is -2.14. The first-order chi connectivity index (χ1) is 13.6. The number of ether oxygens (including phenoxy) is 1. The van der Waals surface area contributed by atoms with E-state index in [0.29, 0.717) is 18.7 Å². The average molecular weight is 403 g/mol. The smallest absolute Gasteiger partial charge is 0.461 e. The van der Waals surface area contributed by atoms with Gasteiger partial charge in [-0.3, -0.25) is 9.32 Å². The fourth-order valence-corrected chi connectivity index (χ4v) is 5.47. The minimum absolute atomic E-state index is 0.349. The number of carbonyl (C=O) groups excluding carboxylic acids is 1. The molecule has 2 aromatic rings. The summed E-state index contributed by atoms with van der Waals surface area (Å²) in [5, 5.41) is 0. The van der Waals surface area contributed by atoms with Crippen molar-refractivity contribution >= 4 is 13.7 Å². The van der Waals surface area contributed by atoms with Gasteiger partial charge in [-0.15, -0.1) is 0 Å². The van der Waals surface area contributed by atoms with Gasteiger partial charge in [-0.1, -0.05) is 55.0 Å². The fraction of sp³-hybridized carbons (Fsp3) is 0.381. The van der Waals surface area contributed by atoms with Crippen LogP contribution < -0.4 is 4.52 Å². The van der Waals surface area contributed by atoms with Gasteiger partial charge in [0.05, 0.1) is 13.0 Å². The third-order valence-electron chi connectivity index (χ3n) is 5.03. The second kappa shape index (κ2) is 9.37. The van der Waals surface area contributed by atoms with E-state index < -0.39 is 13.7 Å². The Kier molecular flexibility index (Phi) is 6.89. The highest BCUT2D eigenvalue weighted by Crippen LogP contribution is 2.55. The number of carbonyl (C=O) groups is 1. The molecule has 1 aliphatic heterocycles. The van der Waals surface area contributed by atoms with Crippen molar-refractivity contribution in [3.05, 3.63) is 66.2 Å². The number of piperidine rings is 1. The molecule has 1 fully saturated rings. The van der Waals surface area contributed by atoms with Gasteiger partial charge in [-0.05, 0) is 30.5 Å². The lowest BCUT2D eigenvalue weighted by atomic mass is 9.86. The molecule has 3 rings (SSSR count). The monoisotopic (exact) mass is 403 g/mol. The summed E-state index contributed by atoms with van der Waals surface area (Å²) in [5.74, 6) is -0.467. The molecule has 1 heterocycles. The van der Waals surface area contributed by atoms with Gasteiger partial charge in [-0.25, -0.2) is 4.57 Å². The van der Waals surface area contributed by atoms with Gasteiger partial charge in [-0.2, -0.15) is 4.67 Å². The normalized spacial score (nSPS) is 20.7. The highest BCUT2D eigenvalue weighted by Gasteiger charge is 2.46. The molecule has 1 saturated heterocycles. The molecule has 0 amide bonds. The van der Waals surface area contributed by atoms with Crippen LogP contribution in [0.15, 0.2) is 60.7 Å². The van der Waals surface area contributed by atoms with Crippen LogP contribution in [-0.4, -0.2) is 37.4 Å². The number of esters is 1. The Morgan fingerprint density at radius 2 is 1.68 bits per heavy atom. The van der Waals surface area contributed by atoms with E-state index >= 15 is 0 Å². The molecule has 3 unspecified atom stereocenters. The molecule has 0 bridgehead atoms. The van der Waals surface area contributed by atoms with Gasteiger partial charge in [0, 0.05) is 19.7 Å². The zero-order chi connectivity index (χ0) is 20.0. The van der Waals surface area contributed by atoms with E-state index in [2.05, 4.69) is 0 Å². The molecule has 0 radical (unpaired) electrons. The van der Waals surface area contributed by atoms with Crippen LogP contribution in [0.4, 0.5) is 0 Å². The standard InChI is InChI=1S/C21H26NO5P/c1-25-21(23)20(17-11-5-3-6-12-17)19-15-9-10-16-22(19)28(24,26-2)27-18-13-7-4-8-14-18/h3-8,11-14,19-20H,9-10,15-16H2,1-2H3. The molecule has 7 heteroatoms. The van der Waals surface area contributed by atoms with Crippen LogP contribution >= 0.6 is 7.75 Å². The second-order valence-electron chi connectivity index (χ2n) is 6.69. The summed E-state index contributed by atoms with van der Waals surface area (Å²) in [4.78, 5) is 12.7. The predicted molar refractivity (Wildman–Crippen MR) is 107 cm³/mol. The van der Waals surface area contributed by atoms with E-state index in [1.807, 2.05) is 48.5 Å². The maximum Gasteiger partial charge on any atom is 0.461 e. The number of hydrogen-bond donors (Lipinski definition) is 0. The van der Waals surface area contributed by atoms with Gasteiger partial charge >= 0.3 is 13.7 Å². The van der Waals surface area contributed by atoms with E-state index in [1.165, 1.54) is 14.2 Å². The summed E-state index contributed by atoms with van der Waals surface area (Å²) in [5.41, 5.74) is 0.827. The summed E-state index contributed by atoms with van der Waals surface area (Å²) in [6.45, 7) is 0.517. The zero-order valence-corrected chi connectivity index (χ0v) is 17.1. The quantitative estimate of drug-likeness (QED) is 0.496. The fourth-order valence-electron chi connectivity index (χ4n) is 3.70. The van der Waals surface area contributed by atoms with Gasteiger partial charge in [0.15, 0.2) is 0 Å². The van der Waals surface area contributed by atoms with E-state index in [1.54, 1.807) is 16.8 Å². The van der Waals surface area contributed by atoms with Crippen molar-refractivity contribution < 1.29 is 23.1 Å². The first-order valence-corrected chi connectivity index (χ1v) is 10.9.